The summed E-state index contributed by atoms with van der Waals surface area (Å²) >= 11 is 0. The summed E-state index contributed by atoms with van der Waals surface area (Å²) in [6, 6.07) is 0. The second-order valence-corrected chi connectivity index (χ2v) is 0. The summed E-state index contributed by atoms with van der Waals surface area (Å²) in [6.07, 6.45) is 0. The van der Waals surface area contributed by atoms with Gasteiger partial charge in [0.05, 0.1) is 0 Å². The normalized spacial score (nSPS) is 0. The third kappa shape index (κ3) is 8.94. The van der Waals surface area contributed by atoms with E-state index < -0.39 is 0 Å². The molecule has 0 amide bonds. The van der Waals surface area contributed by atoms with Gasteiger partial charge in [-0.25, -0.2) is 0 Å². The molecule has 0 saturated heterocycles. The average Bonchev–Trinajstić information content (AvgIpc) is 0. The molecule has 0 aromatic heterocycles. The zero-order valence-electron chi connectivity index (χ0n) is 3.42. The van der Waals surface area contributed by atoms with Crippen molar-refractivity contribution in [3.05, 3.63) is 0 Å². The molecule has 4 heavy (non-hydrogen) atoms. The van der Waals surface area contributed by atoms with Gasteiger partial charge >= 0.3 is 48.9 Å². The first-order chi connectivity index (χ1) is 0. The summed E-state index contributed by atoms with van der Waals surface area (Å²) in [5, 5.41) is 0. The van der Waals surface area contributed by atoms with Crippen LogP contribution in [0.15, 0.2) is 0 Å². The van der Waals surface area contributed by atoms with Gasteiger partial charge in [0.2, 0.25) is 0 Å². The van der Waals surface area contributed by atoms with E-state index in [9.17, 15) is 0 Å². The fourth-order valence-electron chi connectivity index (χ4n) is 0. The van der Waals surface area contributed by atoms with Crippen molar-refractivity contribution in [3.8, 4) is 0 Å². The molecule has 0 atom stereocenters. The van der Waals surface area contributed by atoms with Gasteiger partial charge in [0.1, 0.15) is 0 Å². The van der Waals surface area contributed by atoms with Gasteiger partial charge in [-0.15, -0.1) is 0 Å². The van der Waals surface area contributed by atoms with Crippen LogP contribution < -0.4 is 0 Å². The van der Waals surface area contributed by atoms with E-state index in [-0.39, 0.29) is 104 Å². The van der Waals surface area contributed by atoms with Crippen LogP contribution in [0.1, 0.15) is 2.85 Å². The first-order valence-electron chi connectivity index (χ1n) is 0. The predicted octanol–water partition coefficient (Wildman–Crippen LogP) is -1.34. The maximum absolute atomic E-state index is 0. The van der Waals surface area contributed by atoms with E-state index in [0.29, 0.717) is 0 Å². The van der Waals surface area contributed by atoms with E-state index in [2.05, 4.69) is 0 Å². The van der Waals surface area contributed by atoms with Crippen LogP contribution in [0.2, 0.25) is 0 Å². The molecule has 0 saturated carbocycles. The van der Waals surface area contributed by atoms with Crippen LogP contribution in [0.5, 0.6) is 0 Å². The third-order valence-electron chi connectivity index (χ3n) is 0. The SMILES string of the molecule is [AlH3].[Ba+2].[Cr].[Cu].[H-].[H-]. The molecule has 0 N–H and O–H groups in total. The molecule has 0 bridgehead atoms. The number of hydrogen-bond donors (Lipinski definition) is 0. The number of rotatable bonds is 0. The molecule has 0 fully saturated rings. The van der Waals surface area contributed by atoms with E-state index in [1.54, 1.807) is 0 Å². The Morgan fingerprint density at radius 3 is 1.25 bits per heavy atom. The molecule has 0 spiro atoms. The first kappa shape index (κ1) is 27.2. The van der Waals surface area contributed by atoms with Crippen LogP contribution in [0.3, 0.4) is 0 Å². The Morgan fingerprint density at radius 1 is 1.25 bits per heavy atom. The van der Waals surface area contributed by atoms with E-state index in [0.717, 1.165) is 0 Å². The summed E-state index contributed by atoms with van der Waals surface area (Å²) in [4.78, 5) is 0. The van der Waals surface area contributed by atoms with E-state index in [4.69, 9.17) is 0 Å². The van der Waals surface area contributed by atoms with Crippen molar-refractivity contribution >= 4 is 66.2 Å². The second kappa shape index (κ2) is 16.4. The molecule has 0 nitrogen and oxygen atoms in total. The van der Waals surface area contributed by atoms with Crippen LogP contribution in [-0.2, 0) is 34.4 Å². The average molecular weight is 285 g/mol. The van der Waals surface area contributed by atoms with Gasteiger partial charge in [0.15, 0.2) is 17.4 Å². The number of hydrogen-bond acceptors (Lipinski definition) is 0. The van der Waals surface area contributed by atoms with Crippen molar-refractivity contribution in [2.45, 2.75) is 0 Å². The van der Waals surface area contributed by atoms with Gasteiger partial charge in [0, 0.05) is 34.4 Å². The molecule has 0 unspecified atom stereocenters. The van der Waals surface area contributed by atoms with E-state index in [1.165, 1.54) is 0 Å². The maximum Gasteiger partial charge on any atom is 2.00 e. The van der Waals surface area contributed by atoms with Gasteiger partial charge in [0.25, 0.3) is 0 Å². The summed E-state index contributed by atoms with van der Waals surface area (Å²) < 4.78 is 0. The maximum atomic E-state index is 0. The van der Waals surface area contributed by atoms with E-state index >= 15 is 0 Å². The summed E-state index contributed by atoms with van der Waals surface area (Å²) in [7, 11) is 0. The van der Waals surface area contributed by atoms with Gasteiger partial charge in [-0.05, 0) is 0 Å². The van der Waals surface area contributed by atoms with Crippen LogP contribution >= 0.6 is 0 Å². The first-order valence-corrected chi connectivity index (χ1v) is 0. The molecule has 0 aliphatic heterocycles. The fraction of sp³-hybridized carbons (Fsp3) is 0. The smallest absolute Gasteiger partial charge is 1.00 e. The molecule has 0 rings (SSSR count). The molecule has 4 heteroatoms. The monoisotopic (exact) mass is 285 g/mol. The van der Waals surface area contributed by atoms with Crippen molar-refractivity contribution < 1.29 is 37.3 Å². The van der Waals surface area contributed by atoms with Crippen molar-refractivity contribution in [1.82, 2.24) is 0 Å². The Kier molecular flexibility index (Phi) is 112. The predicted molar refractivity (Wildman–Crippen MR) is 17.9 cm³/mol. The Morgan fingerprint density at radius 2 is 1.25 bits per heavy atom. The summed E-state index contributed by atoms with van der Waals surface area (Å²) in [6.45, 7) is 0. The fourth-order valence-corrected chi connectivity index (χ4v) is 0. The van der Waals surface area contributed by atoms with Crippen molar-refractivity contribution in [1.29, 1.82) is 0 Å². The molecule has 1 radical (unpaired) electrons. The molecule has 0 aromatic rings. The molecule has 0 aliphatic rings. The van der Waals surface area contributed by atoms with Gasteiger partial charge in [-0.3, -0.25) is 0 Å². The Hall–Kier alpha value is 3.16. The minimum Gasteiger partial charge on any atom is -1.00 e. The minimum atomic E-state index is 0. The van der Waals surface area contributed by atoms with Crippen molar-refractivity contribution in [2.75, 3.05) is 0 Å². The summed E-state index contributed by atoms with van der Waals surface area (Å²) in [5.74, 6) is 0. The molecule has 0 aliphatic carbocycles. The van der Waals surface area contributed by atoms with Crippen LogP contribution in [0, 0.1) is 0 Å². The van der Waals surface area contributed by atoms with Crippen LogP contribution in [0.4, 0.5) is 0 Å². The Balaban J connectivity index is 0. The molecular weight excluding hydrogens is 280 g/mol. The Bertz CT molecular complexity index is 13.5. The van der Waals surface area contributed by atoms with Crippen LogP contribution in [-0.4, -0.2) is 66.2 Å². The van der Waals surface area contributed by atoms with Crippen molar-refractivity contribution in [2.24, 2.45) is 0 Å². The minimum absolute atomic E-state index is 0. The molecule has 0 heterocycles. The summed E-state index contributed by atoms with van der Waals surface area (Å²) in [5.41, 5.74) is 0. The van der Waals surface area contributed by atoms with Crippen molar-refractivity contribution in [3.63, 3.8) is 0 Å². The molecular formula is H5AlBaCrCu. The molecule has 0 aromatic carbocycles. The quantitative estimate of drug-likeness (QED) is 0.483. The second-order valence-electron chi connectivity index (χ2n) is 0. The standard InChI is InChI=1S/Al.Ba.Cr.Cu.5H/q;+2;;;;;;2*-1. The Labute approximate surface area is 101 Å². The zero-order chi connectivity index (χ0) is 0. The molecule has 27 valence electrons. The van der Waals surface area contributed by atoms with E-state index in [1.807, 2.05) is 0 Å². The third-order valence-corrected chi connectivity index (χ3v) is 0. The van der Waals surface area contributed by atoms with Gasteiger partial charge < -0.3 is 2.85 Å². The largest absolute Gasteiger partial charge is 2.00 e. The zero-order valence-corrected chi connectivity index (χ0v) is 8.07. The van der Waals surface area contributed by atoms with Gasteiger partial charge in [-0.2, -0.15) is 0 Å². The van der Waals surface area contributed by atoms with Crippen LogP contribution in [0.25, 0.3) is 0 Å². The van der Waals surface area contributed by atoms with Gasteiger partial charge in [-0.1, -0.05) is 0 Å². The topological polar surface area (TPSA) is 0 Å².